The van der Waals surface area contributed by atoms with E-state index in [2.05, 4.69) is 15.3 Å². The normalized spacial score (nSPS) is 26.6. The third-order valence-electron chi connectivity index (χ3n) is 5.35. The fraction of sp³-hybridized carbons (Fsp3) is 0.471. The fourth-order valence-corrected chi connectivity index (χ4v) is 4.21. The number of nitrogens with zero attached hydrogens (tertiary/aromatic N) is 3. The summed E-state index contributed by atoms with van der Waals surface area (Å²) in [4.78, 5) is 21.0. The summed E-state index contributed by atoms with van der Waals surface area (Å²) in [5.41, 5.74) is 7.22. The largest absolute Gasteiger partial charge is 0.352 e. The van der Waals surface area contributed by atoms with Gasteiger partial charge in [-0.3, -0.25) is 9.36 Å². The molecule has 0 aromatic carbocycles. The van der Waals surface area contributed by atoms with Crippen LogP contribution in [0.1, 0.15) is 24.8 Å². The molecule has 4 atom stereocenters. The molecule has 2 saturated carbocycles. The van der Waals surface area contributed by atoms with E-state index in [-0.39, 0.29) is 42.7 Å². The van der Waals surface area contributed by atoms with Crippen molar-refractivity contribution >= 4 is 30.7 Å². The Balaban J connectivity index is 0.00000113. The second kappa shape index (κ2) is 8.17. The highest BCUT2D eigenvalue weighted by Gasteiger charge is 2.48. The summed E-state index contributed by atoms with van der Waals surface area (Å²) >= 11 is 0. The lowest BCUT2D eigenvalue weighted by atomic mass is 9.84. The molecule has 2 aromatic rings. The smallest absolute Gasteiger partial charge is 0.225 e. The Morgan fingerprint density at radius 2 is 2.08 bits per heavy atom. The maximum absolute atomic E-state index is 12.6. The van der Waals surface area contributed by atoms with Crippen LogP contribution in [0.5, 0.6) is 0 Å². The van der Waals surface area contributed by atoms with Crippen molar-refractivity contribution in [3.8, 4) is 5.82 Å². The molecule has 2 aromatic heterocycles. The molecule has 1 amide bonds. The third-order valence-corrected chi connectivity index (χ3v) is 5.35. The minimum absolute atomic E-state index is 0. The number of halogens is 2. The van der Waals surface area contributed by atoms with Crippen molar-refractivity contribution in [2.75, 3.05) is 0 Å². The SMILES string of the molecule is Cl.Cl.NC1C2CCC(C2)C1C(=O)NCc1cccnc1-n1ccnc1. The van der Waals surface area contributed by atoms with Crippen molar-refractivity contribution in [3.05, 3.63) is 42.6 Å². The Morgan fingerprint density at radius 1 is 1.28 bits per heavy atom. The molecule has 25 heavy (non-hydrogen) atoms. The lowest BCUT2D eigenvalue weighted by Crippen LogP contribution is -2.45. The van der Waals surface area contributed by atoms with Gasteiger partial charge >= 0.3 is 0 Å². The zero-order valence-electron chi connectivity index (χ0n) is 13.7. The number of aromatic nitrogens is 3. The van der Waals surface area contributed by atoms with Gasteiger partial charge in [0.15, 0.2) is 0 Å². The van der Waals surface area contributed by atoms with Crippen LogP contribution in [-0.4, -0.2) is 26.5 Å². The quantitative estimate of drug-likeness (QED) is 0.846. The van der Waals surface area contributed by atoms with Gasteiger partial charge < -0.3 is 11.1 Å². The molecule has 3 N–H and O–H groups in total. The van der Waals surface area contributed by atoms with E-state index in [1.165, 1.54) is 6.42 Å². The summed E-state index contributed by atoms with van der Waals surface area (Å²) in [6.07, 6.45) is 10.5. The van der Waals surface area contributed by atoms with Gasteiger partial charge in [-0.05, 0) is 37.2 Å². The molecule has 2 fully saturated rings. The molecule has 136 valence electrons. The second-order valence-electron chi connectivity index (χ2n) is 6.61. The van der Waals surface area contributed by atoms with Gasteiger partial charge in [0.1, 0.15) is 12.1 Å². The molecule has 4 rings (SSSR count). The number of carbonyl (C=O) groups is 1. The molecule has 4 unspecified atom stereocenters. The van der Waals surface area contributed by atoms with E-state index in [1.807, 2.05) is 22.9 Å². The molecule has 2 bridgehead atoms. The van der Waals surface area contributed by atoms with Crippen LogP contribution in [0, 0.1) is 17.8 Å². The molecule has 2 aliphatic carbocycles. The summed E-state index contributed by atoms with van der Waals surface area (Å²) in [7, 11) is 0. The summed E-state index contributed by atoms with van der Waals surface area (Å²) in [5.74, 6) is 1.86. The molecule has 0 radical (unpaired) electrons. The minimum Gasteiger partial charge on any atom is -0.352 e. The van der Waals surface area contributed by atoms with Crippen LogP contribution >= 0.6 is 24.8 Å². The predicted octanol–water partition coefficient (Wildman–Crippen LogP) is 2.10. The minimum atomic E-state index is -0.0258. The first-order valence-corrected chi connectivity index (χ1v) is 8.19. The van der Waals surface area contributed by atoms with E-state index in [0.717, 1.165) is 24.2 Å². The van der Waals surface area contributed by atoms with Crippen LogP contribution in [0.3, 0.4) is 0 Å². The van der Waals surface area contributed by atoms with Crippen LogP contribution in [0.2, 0.25) is 0 Å². The number of pyridine rings is 1. The number of nitrogens with two attached hydrogens (primary N) is 1. The van der Waals surface area contributed by atoms with Gasteiger partial charge in [-0.15, -0.1) is 24.8 Å². The number of hydrogen-bond acceptors (Lipinski definition) is 4. The van der Waals surface area contributed by atoms with E-state index in [0.29, 0.717) is 18.4 Å². The highest BCUT2D eigenvalue weighted by Crippen LogP contribution is 2.47. The number of rotatable bonds is 4. The number of fused-ring (bicyclic) bond motifs is 2. The van der Waals surface area contributed by atoms with Crippen molar-refractivity contribution in [1.82, 2.24) is 19.9 Å². The number of amides is 1. The van der Waals surface area contributed by atoms with Crippen molar-refractivity contribution in [3.63, 3.8) is 0 Å². The first-order valence-electron chi connectivity index (χ1n) is 8.19. The van der Waals surface area contributed by atoms with Crippen LogP contribution in [-0.2, 0) is 11.3 Å². The lowest BCUT2D eigenvalue weighted by molar-refractivity contribution is -0.127. The Morgan fingerprint density at radius 3 is 2.76 bits per heavy atom. The summed E-state index contributed by atoms with van der Waals surface area (Å²) < 4.78 is 1.85. The zero-order valence-corrected chi connectivity index (χ0v) is 15.4. The first-order chi connectivity index (χ1) is 11.2. The first kappa shape index (κ1) is 19.7. The van der Waals surface area contributed by atoms with Gasteiger partial charge in [-0.2, -0.15) is 0 Å². The summed E-state index contributed by atoms with van der Waals surface area (Å²) in [6, 6.07) is 3.88. The number of hydrogen-bond donors (Lipinski definition) is 2. The van der Waals surface area contributed by atoms with Gasteiger partial charge in [-0.1, -0.05) is 6.07 Å². The molecular formula is C17H23Cl2N5O. The maximum Gasteiger partial charge on any atom is 0.225 e. The highest BCUT2D eigenvalue weighted by atomic mass is 35.5. The van der Waals surface area contributed by atoms with Crippen molar-refractivity contribution in [2.45, 2.75) is 31.8 Å². The molecule has 0 spiro atoms. The van der Waals surface area contributed by atoms with E-state index < -0.39 is 0 Å². The topological polar surface area (TPSA) is 85.8 Å². The zero-order chi connectivity index (χ0) is 15.8. The second-order valence-corrected chi connectivity index (χ2v) is 6.61. The summed E-state index contributed by atoms with van der Waals surface area (Å²) in [6.45, 7) is 0.459. The number of carbonyl (C=O) groups excluding carboxylic acids is 1. The van der Waals surface area contributed by atoms with E-state index in [1.54, 1.807) is 18.7 Å². The van der Waals surface area contributed by atoms with E-state index in [4.69, 9.17) is 5.73 Å². The van der Waals surface area contributed by atoms with Gasteiger partial charge in [0.25, 0.3) is 0 Å². The van der Waals surface area contributed by atoms with E-state index >= 15 is 0 Å². The monoisotopic (exact) mass is 383 g/mol. The Kier molecular flexibility index (Phi) is 6.43. The van der Waals surface area contributed by atoms with Crippen LogP contribution in [0.15, 0.2) is 37.1 Å². The standard InChI is InChI=1S/C17H21N5O.2ClH/c18-15-12-4-3-11(8-12)14(15)17(23)21-9-13-2-1-5-20-16(13)22-7-6-19-10-22;;/h1-2,5-7,10-12,14-15H,3-4,8-9,18H2,(H,21,23);2*1H. The molecule has 6 nitrogen and oxygen atoms in total. The van der Waals surface area contributed by atoms with Gasteiger partial charge in [0.2, 0.25) is 5.91 Å². The fourth-order valence-electron chi connectivity index (χ4n) is 4.21. The molecule has 2 heterocycles. The Labute approximate surface area is 159 Å². The molecule has 0 saturated heterocycles. The van der Waals surface area contributed by atoms with Crippen molar-refractivity contribution in [1.29, 1.82) is 0 Å². The maximum atomic E-state index is 12.6. The average Bonchev–Trinajstić information content (AvgIpc) is 3.30. The van der Waals surface area contributed by atoms with Gasteiger partial charge in [0, 0.05) is 36.7 Å². The van der Waals surface area contributed by atoms with Crippen molar-refractivity contribution < 1.29 is 4.79 Å². The lowest BCUT2D eigenvalue weighted by Gasteiger charge is -2.27. The highest BCUT2D eigenvalue weighted by molar-refractivity contribution is 5.85. The molecule has 2 aliphatic rings. The third kappa shape index (κ3) is 3.66. The van der Waals surface area contributed by atoms with Gasteiger partial charge in [0.05, 0.1) is 5.92 Å². The Hall–Kier alpha value is -1.63. The van der Waals surface area contributed by atoms with Crippen molar-refractivity contribution in [2.24, 2.45) is 23.5 Å². The Bertz CT molecular complexity index is 707. The number of imidazole rings is 1. The summed E-state index contributed by atoms with van der Waals surface area (Å²) in [5, 5.41) is 3.07. The molecule has 8 heteroatoms. The average molecular weight is 384 g/mol. The van der Waals surface area contributed by atoms with E-state index in [9.17, 15) is 4.79 Å². The van der Waals surface area contributed by atoms with Crippen LogP contribution in [0.25, 0.3) is 5.82 Å². The molecule has 0 aliphatic heterocycles. The molecular weight excluding hydrogens is 361 g/mol. The van der Waals surface area contributed by atoms with Crippen LogP contribution < -0.4 is 11.1 Å². The number of nitrogens with one attached hydrogen (secondary N) is 1. The van der Waals surface area contributed by atoms with Gasteiger partial charge in [-0.25, -0.2) is 9.97 Å². The van der Waals surface area contributed by atoms with Crippen LogP contribution in [0.4, 0.5) is 0 Å². The predicted molar refractivity (Wildman–Crippen MR) is 100.0 cm³/mol.